The van der Waals surface area contributed by atoms with Crippen molar-refractivity contribution in [3.05, 3.63) is 35.4 Å². The molecule has 0 aromatic heterocycles. The molecule has 0 radical (unpaired) electrons. The highest BCUT2D eigenvalue weighted by molar-refractivity contribution is 5.81. The molecule has 0 atom stereocenters. The van der Waals surface area contributed by atoms with Gasteiger partial charge in [0.25, 0.3) is 0 Å². The van der Waals surface area contributed by atoms with Crippen LogP contribution in [0, 0.1) is 0 Å². The zero-order valence-corrected chi connectivity index (χ0v) is 9.15. The van der Waals surface area contributed by atoms with E-state index in [9.17, 15) is 18.0 Å². The van der Waals surface area contributed by atoms with Crippen molar-refractivity contribution >= 4 is 12.2 Å². The van der Waals surface area contributed by atoms with Gasteiger partial charge in [-0.2, -0.15) is 13.2 Å². The number of hydrogen-bond acceptors (Lipinski definition) is 3. The molecular weight excluding hydrogens is 251 g/mol. The topological polar surface area (TPSA) is 58.9 Å². The standard InChI is InChI=1S/C11H10F3NO3/c12-11(13,14)9-4-2-1-3-8(9)7-15-18-6-5-10(16)17/h1-4,7H,5-6H2,(H,16,17). The van der Waals surface area contributed by atoms with Crippen molar-refractivity contribution in [2.75, 3.05) is 6.61 Å². The van der Waals surface area contributed by atoms with E-state index in [1.54, 1.807) is 0 Å². The van der Waals surface area contributed by atoms with Crippen LogP contribution >= 0.6 is 0 Å². The molecule has 0 spiro atoms. The van der Waals surface area contributed by atoms with Crippen molar-refractivity contribution in [1.82, 2.24) is 0 Å². The number of rotatable bonds is 5. The van der Waals surface area contributed by atoms with Gasteiger partial charge in [0.15, 0.2) is 0 Å². The number of carboxylic acids is 1. The first-order chi connectivity index (χ1) is 8.41. The van der Waals surface area contributed by atoms with Gasteiger partial charge in [-0.15, -0.1) is 0 Å². The summed E-state index contributed by atoms with van der Waals surface area (Å²) in [7, 11) is 0. The molecule has 7 heteroatoms. The van der Waals surface area contributed by atoms with Gasteiger partial charge >= 0.3 is 12.1 Å². The normalized spacial score (nSPS) is 11.7. The summed E-state index contributed by atoms with van der Waals surface area (Å²) in [5.41, 5.74) is -0.962. The highest BCUT2D eigenvalue weighted by atomic mass is 19.4. The minimum absolute atomic E-state index is 0.139. The molecule has 1 N–H and O–H groups in total. The number of benzene rings is 1. The summed E-state index contributed by atoms with van der Waals surface area (Å²) in [5, 5.41) is 11.6. The van der Waals surface area contributed by atoms with E-state index in [1.807, 2.05) is 0 Å². The lowest BCUT2D eigenvalue weighted by Gasteiger charge is -2.08. The van der Waals surface area contributed by atoms with Crippen LogP contribution in [0.15, 0.2) is 29.4 Å². The van der Waals surface area contributed by atoms with Gasteiger partial charge in [-0.3, -0.25) is 4.79 Å². The van der Waals surface area contributed by atoms with Crippen LogP contribution in [0.25, 0.3) is 0 Å². The van der Waals surface area contributed by atoms with E-state index in [0.717, 1.165) is 12.3 Å². The van der Waals surface area contributed by atoms with Gasteiger partial charge in [0, 0.05) is 5.56 Å². The van der Waals surface area contributed by atoms with Crippen LogP contribution in [0.4, 0.5) is 13.2 Å². The summed E-state index contributed by atoms with van der Waals surface area (Å²) in [5.74, 6) is -1.07. The Morgan fingerprint density at radius 3 is 2.67 bits per heavy atom. The van der Waals surface area contributed by atoms with Crippen molar-refractivity contribution < 1.29 is 27.9 Å². The number of alkyl halides is 3. The number of carbonyl (C=O) groups is 1. The van der Waals surface area contributed by atoms with Crippen LogP contribution in [0.5, 0.6) is 0 Å². The Morgan fingerprint density at radius 2 is 2.06 bits per heavy atom. The van der Waals surface area contributed by atoms with Crippen molar-refractivity contribution in [2.45, 2.75) is 12.6 Å². The third kappa shape index (κ3) is 4.44. The Morgan fingerprint density at radius 1 is 1.39 bits per heavy atom. The number of halogens is 3. The molecule has 98 valence electrons. The quantitative estimate of drug-likeness (QED) is 0.503. The molecule has 1 aromatic carbocycles. The Bertz CT molecular complexity index is 443. The number of nitrogens with zero attached hydrogens (tertiary/aromatic N) is 1. The number of hydrogen-bond donors (Lipinski definition) is 1. The maximum Gasteiger partial charge on any atom is 0.417 e. The molecule has 1 aromatic rings. The minimum Gasteiger partial charge on any atom is -0.481 e. The average molecular weight is 261 g/mol. The fraction of sp³-hybridized carbons (Fsp3) is 0.273. The molecule has 0 fully saturated rings. The molecule has 0 saturated carbocycles. The second-order valence-corrected chi connectivity index (χ2v) is 3.30. The predicted octanol–water partition coefficient (Wildman–Crippen LogP) is 2.53. The summed E-state index contributed by atoms with van der Waals surface area (Å²) < 4.78 is 37.6. The Balaban J connectivity index is 2.67. The van der Waals surface area contributed by atoms with Gasteiger partial charge in [-0.25, -0.2) is 0 Å². The van der Waals surface area contributed by atoms with Crippen LogP contribution < -0.4 is 0 Å². The van der Waals surface area contributed by atoms with Gasteiger partial charge in [0.2, 0.25) is 0 Å². The monoisotopic (exact) mass is 261 g/mol. The van der Waals surface area contributed by atoms with Gasteiger partial charge in [-0.05, 0) is 6.07 Å². The van der Waals surface area contributed by atoms with E-state index < -0.39 is 17.7 Å². The largest absolute Gasteiger partial charge is 0.481 e. The highest BCUT2D eigenvalue weighted by Crippen LogP contribution is 2.31. The second-order valence-electron chi connectivity index (χ2n) is 3.30. The highest BCUT2D eigenvalue weighted by Gasteiger charge is 2.32. The van der Waals surface area contributed by atoms with Crippen LogP contribution in [-0.2, 0) is 15.8 Å². The molecule has 1 rings (SSSR count). The SMILES string of the molecule is O=C(O)CCON=Cc1ccccc1C(F)(F)F. The van der Waals surface area contributed by atoms with Crippen LogP contribution in [0.3, 0.4) is 0 Å². The van der Waals surface area contributed by atoms with Gasteiger partial charge in [0.1, 0.15) is 6.61 Å². The summed E-state index contributed by atoms with van der Waals surface area (Å²) in [6.45, 7) is -0.194. The molecule has 0 aliphatic carbocycles. The molecule has 0 saturated heterocycles. The fourth-order valence-electron chi connectivity index (χ4n) is 1.15. The first kappa shape index (κ1) is 14.0. The lowest BCUT2D eigenvalue weighted by molar-refractivity contribution is -0.138. The molecule has 4 nitrogen and oxygen atoms in total. The van der Waals surface area contributed by atoms with Crippen LogP contribution in [0.1, 0.15) is 17.5 Å². The third-order valence-corrected chi connectivity index (χ3v) is 1.94. The summed E-state index contributed by atoms with van der Waals surface area (Å²) in [6.07, 6.45) is -3.83. The fourth-order valence-corrected chi connectivity index (χ4v) is 1.15. The molecule has 0 aliphatic rings. The van der Waals surface area contributed by atoms with E-state index >= 15 is 0 Å². The molecule has 0 bridgehead atoms. The van der Waals surface area contributed by atoms with Gasteiger partial charge < -0.3 is 9.94 Å². The maximum atomic E-state index is 12.5. The zero-order chi connectivity index (χ0) is 13.6. The number of carboxylic acid groups (broad SMARTS) is 1. The van der Waals surface area contributed by atoms with Crippen LogP contribution in [-0.4, -0.2) is 23.9 Å². The molecule has 0 heterocycles. The second kappa shape index (κ2) is 6.04. The Kier molecular flexibility index (Phi) is 4.70. The Labute approximate surface area is 101 Å². The molecule has 0 amide bonds. The van der Waals surface area contributed by atoms with Crippen molar-refractivity contribution in [3.63, 3.8) is 0 Å². The first-order valence-corrected chi connectivity index (χ1v) is 4.94. The number of aliphatic carboxylic acids is 1. The van der Waals surface area contributed by atoms with E-state index in [0.29, 0.717) is 0 Å². The average Bonchev–Trinajstić information content (AvgIpc) is 2.27. The summed E-state index contributed by atoms with van der Waals surface area (Å²) >= 11 is 0. The van der Waals surface area contributed by atoms with E-state index in [2.05, 4.69) is 9.99 Å². The van der Waals surface area contributed by atoms with Crippen molar-refractivity contribution in [1.29, 1.82) is 0 Å². The van der Waals surface area contributed by atoms with E-state index in [4.69, 9.17) is 5.11 Å². The lowest BCUT2D eigenvalue weighted by atomic mass is 10.1. The van der Waals surface area contributed by atoms with Crippen molar-refractivity contribution in [3.8, 4) is 0 Å². The molecule has 0 unspecified atom stereocenters. The minimum atomic E-state index is -4.47. The third-order valence-electron chi connectivity index (χ3n) is 1.94. The maximum absolute atomic E-state index is 12.5. The Hall–Kier alpha value is -2.05. The van der Waals surface area contributed by atoms with Gasteiger partial charge in [-0.1, -0.05) is 23.4 Å². The van der Waals surface area contributed by atoms with E-state index in [-0.39, 0.29) is 18.6 Å². The van der Waals surface area contributed by atoms with E-state index in [1.165, 1.54) is 18.2 Å². The zero-order valence-electron chi connectivity index (χ0n) is 9.15. The first-order valence-electron chi connectivity index (χ1n) is 4.94. The van der Waals surface area contributed by atoms with Crippen LogP contribution in [0.2, 0.25) is 0 Å². The molecule has 18 heavy (non-hydrogen) atoms. The van der Waals surface area contributed by atoms with Crippen molar-refractivity contribution in [2.24, 2.45) is 5.16 Å². The number of oxime groups is 1. The van der Waals surface area contributed by atoms with Gasteiger partial charge in [0.05, 0.1) is 18.2 Å². The summed E-state index contributed by atoms with van der Waals surface area (Å²) in [6, 6.07) is 4.88. The predicted molar refractivity (Wildman–Crippen MR) is 57.2 cm³/mol. The molecule has 0 aliphatic heterocycles. The summed E-state index contributed by atoms with van der Waals surface area (Å²) in [4.78, 5) is 14.7. The smallest absolute Gasteiger partial charge is 0.417 e. The lowest BCUT2D eigenvalue weighted by Crippen LogP contribution is -2.08. The molecular formula is C11H10F3NO3.